The highest BCUT2D eigenvalue weighted by Crippen LogP contribution is 2.21. The van der Waals surface area contributed by atoms with Gasteiger partial charge in [-0.2, -0.15) is 0 Å². The second-order valence-electron chi connectivity index (χ2n) is 4.77. The molecule has 0 saturated heterocycles. The first kappa shape index (κ1) is 13.6. The molecule has 0 radical (unpaired) electrons. The molecule has 0 saturated carbocycles. The Kier molecular flexibility index (Phi) is 3.58. The van der Waals surface area contributed by atoms with Crippen LogP contribution in [-0.2, 0) is 0 Å². The summed E-state index contributed by atoms with van der Waals surface area (Å²) in [5.74, 6) is -0.0524. The SMILES string of the molecule is Cc1csc(N(C)C(=O)c2ccc(-n3cccc3)cc2)n1. The molecule has 2 heterocycles. The van der Waals surface area contributed by atoms with E-state index in [4.69, 9.17) is 0 Å². The maximum atomic E-state index is 12.4. The van der Waals surface area contributed by atoms with Crippen molar-refractivity contribution in [2.75, 3.05) is 11.9 Å². The summed E-state index contributed by atoms with van der Waals surface area (Å²) in [5.41, 5.74) is 2.61. The highest BCUT2D eigenvalue weighted by atomic mass is 32.1. The predicted octanol–water partition coefficient (Wildman–Crippen LogP) is 3.52. The van der Waals surface area contributed by atoms with E-state index < -0.39 is 0 Å². The molecule has 3 rings (SSSR count). The minimum Gasteiger partial charge on any atom is -0.324 e. The molecule has 21 heavy (non-hydrogen) atoms. The number of carbonyl (C=O) groups is 1. The Morgan fingerprint density at radius 2 is 1.86 bits per heavy atom. The molecule has 0 aliphatic rings. The molecule has 1 aromatic carbocycles. The van der Waals surface area contributed by atoms with Gasteiger partial charge in [0, 0.05) is 36.1 Å². The zero-order valence-corrected chi connectivity index (χ0v) is 12.7. The van der Waals surface area contributed by atoms with E-state index in [1.165, 1.54) is 11.3 Å². The van der Waals surface area contributed by atoms with Gasteiger partial charge >= 0.3 is 0 Å². The van der Waals surface area contributed by atoms with E-state index in [1.807, 2.05) is 65.7 Å². The molecule has 0 aliphatic heterocycles. The molecule has 0 unspecified atom stereocenters. The van der Waals surface area contributed by atoms with Crippen molar-refractivity contribution >= 4 is 22.4 Å². The lowest BCUT2D eigenvalue weighted by atomic mass is 10.2. The molecule has 4 nitrogen and oxygen atoms in total. The van der Waals surface area contributed by atoms with Crippen LogP contribution in [0.1, 0.15) is 16.1 Å². The van der Waals surface area contributed by atoms with Gasteiger partial charge in [-0.25, -0.2) is 4.98 Å². The van der Waals surface area contributed by atoms with Crippen LogP contribution in [0.4, 0.5) is 5.13 Å². The Morgan fingerprint density at radius 1 is 1.19 bits per heavy atom. The molecule has 106 valence electrons. The third-order valence-electron chi connectivity index (χ3n) is 3.22. The van der Waals surface area contributed by atoms with Gasteiger partial charge in [0.1, 0.15) is 0 Å². The second-order valence-corrected chi connectivity index (χ2v) is 5.61. The quantitative estimate of drug-likeness (QED) is 0.742. The normalized spacial score (nSPS) is 10.6. The van der Waals surface area contributed by atoms with Crippen LogP contribution in [0.15, 0.2) is 54.2 Å². The van der Waals surface area contributed by atoms with Gasteiger partial charge in [0.05, 0.1) is 5.69 Å². The molecule has 0 aliphatic carbocycles. The molecule has 2 aromatic heterocycles. The number of benzene rings is 1. The first-order valence-electron chi connectivity index (χ1n) is 6.59. The lowest BCUT2D eigenvalue weighted by molar-refractivity contribution is 0.0993. The molecule has 5 heteroatoms. The van der Waals surface area contributed by atoms with Crippen molar-refractivity contribution in [2.45, 2.75) is 6.92 Å². The monoisotopic (exact) mass is 297 g/mol. The Hall–Kier alpha value is -2.40. The van der Waals surface area contributed by atoms with Crippen LogP contribution in [0.3, 0.4) is 0 Å². The fourth-order valence-electron chi connectivity index (χ4n) is 2.06. The van der Waals surface area contributed by atoms with Gasteiger partial charge < -0.3 is 4.57 Å². The number of aromatic nitrogens is 2. The number of carbonyl (C=O) groups excluding carboxylic acids is 1. The smallest absolute Gasteiger partial charge is 0.259 e. The summed E-state index contributed by atoms with van der Waals surface area (Å²) in [5, 5.41) is 2.65. The number of hydrogen-bond acceptors (Lipinski definition) is 3. The van der Waals surface area contributed by atoms with Crippen molar-refractivity contribution < 1.29 is 4.79 Å². The van der Waals surface area contributed by atoms with Gasteiger partial charge in [-0.3, -0.25) is 9.69 Å². The Bertz CT molecular complexity index is 744. The number of amides is 1. The third-order valence-corrected chi connectivity index (χ3v) is 4.25. The summed E-state index contributed by atoms with van der Waals surface area (Å²) < 4.78 is 2.00. The summed E-state index contributed by atoms with van der Waals surface area (Å²) in [7, 11) is 1.75. The van der Waals surface area contributed by atoms with E-state index in [0.29, 0.717) is 10.7 Å². The first-order chi connectivity index (χ1) is 10.1. The van der Waals surface area contributed by atoms with Gasteiger partial charge in [-0.1, -0.05) is 0 Å². The van der Waals surface area contributed by atoms with E-state index in [-0.39, 0.29) is 5.91 Å². The molecule has 0 N–H and O–H groups in total. The zero-order valence-electron chi connectivity index (χ0n) is 11.9. The van der Waals surface area contributed by atoms with Gasteiger partial charge in [0.2, 0.25) is 0 Å². The van der Waals surface area contributed by atoms with Crippen LogP contribution in [-0.4, -0.2) is 22.5 Å². The molecule has 0 spiro atoms. The molecule has 0 atom stereocenters. The minimum absolute atomic E-state index is 0.0524. The van der Waals surface area contributed by atoms with E-state index in [2.05, 4.69) is 4.98 Å². The zero-order chi connectivity index (χ0) is 14.8. The molecule has 1 amide bonds. The van der Waals surface area contributed by atoms with Crippen molar-refractivity contribution in [1.29, 1.82) is 0 Å². The largest absolute Gasteiger partial charge is 0.324 e. The lowest BCUT2D eigenvalue weighted by Crippen LogP contribution is -2.26. The van der Waals surface area contributed by atoms with Crippen molar-refractivity contribution in [3.05, 3.63) is 65.4 Å². The Morgan fingerprint density at radius 3 is 2.43 bits per heavy atom. The number of thiazole rings is 1. The molecular weight excluding hydrogens is 282 g/mol. The fraction of sp³-hybridized carbons (Fsp3) is 0.125. The van der Waals surface area contributed by atoms with E-state index in [1.54, 1.807) is 11.9 Å². The minimum atomic E-state index is -0.0524. The summed E-state index contributed by atoms with van der Waals surface area (Å²) >= 11 is 1.47. The van der Waals surface area contributed by atoms with Gasteiger partial charge in [-0.15, -0.1) is 11.3 Å². The summed E-state index contributed by atoms with van der Waals surface area (Å²) in [4.78, 5) is 18.4. The van der Waals surface area contributed by atoms with Crippen molar-refractivity contribution in [3.63, 3.8) is 0 Å². The molecule has 3 aromatic rings. The van der Waals surface area contributed by atoms with E-state index in [9.17, 15) is 4.79 Å². The van der Waals surface area contributed by atoms with Gasteiger partial charge in [0.15, 0.2) is 5.13 Å². The fourth-order valence-corrected chi connectivity index (χ4v) is 2.83. The van der Waals surface area contributed by atoms with Crippen LogP contribution in [0, 0.1) is 6.92 Å². The second kappa shape index (κ2) is 5.54. The standard InChI is InChI=1S/C16H15N3OS/c1-12-11-21-16(17-12)18(2)15(20)13-5-7-14(8-6-13)19-9-3-4-10-19/h3-11H,1-2H3. The molecular formula is C16H15N3OS. The average molecular weight is 297 g/mol. The number of nitrogens with zero attached hydrogens (tertiary/aromatic N) is 3. The highest BCUT2D eigenvalue weighted by Gasteiger charge is 2.15. The molecule has 0 fully saturated rings. The van der Waals surface area contributed by atoms with E-state index >= 15 is 0 Å². The highest BCUT2D eigenvalue weighted by molar-refractivity contribution is 7.14. The lowest BCUT2D eigenvalue weighted by Gasteiger charge is -2.14. The number of hydrogen-bond donors (Lipinski definition) is 0. The number of aryl methyl sites for hydroxylation is 1. The van der Waals surface area contributed by atoms with Crippen molar-refractivity contribution in [2.24, 2.45) is 0 Å². The maximum absolute atomic E-state index is 12.4. The summed E-state index contributed by atoms with van der Waals surface area (Å²) in [6.07, 6.45) is 3.95. The summed E-state index contributed by atoms with van der Waals surface area (Å²) in [6, 6.07) is 11.5. The summed E-state index contributed by atoms with van der Waals surface area (Å²) in [6.45, 7) is 1.92. The number of rotatable bonds is 3. The molecule has 0 bridgehead atoms. The van der Waals surface area contributed by atoms with Gasteiger partial charge in [-0.05, 0) is 43.3 Å². The Labute approximate surface area is 127 Å². The first-order valence-corrected chi connectivity index (χ1v) is 7.47. The predicted molar refractivity (Wildman–Crippen MR) is 85.4 cm³/mol. The third kappa shape index (κ3) is 2.73. The van der Waals surface area contributed by atoms with E-state index in [0.717, 1.165) is 11.4 Å². The number of anilines is 1. The van der Waals surface area contributed by atoms with Gasteiger partial charge in [0.25, 0.3) is 5.91 Å². The van der Waals surface area contributed by atoms with Crippen molar-refractivity contribution in [1.82, 2.24) is 9.55 Å². The van der Waals surface area contributed by atoms with Crippen LogP contribution in [0.2, 0.25) is 0 Å². The van der Waals surface area contributed by atoms with Crippen LogP contribution in [0.5, 0.6) is 0 Å². The maximum Gasteiger partial charge on any atom is 0.259 e. The van der Waals surface area contributed by atoms with Crippen LogP contribution < -0.4 is 4.90 Å². The topological polar surface area (TPSA) is 38.1 Å². The Balaban J connectivity index is 1.82. The average Bonchev–Trinajstić information content (AvgIpc) is 3.17. The van der Waals surface area contributed by atoms with Crippen LogP contribution in [0.25, 0.3) is 5.69 Å². The van der Waals surface area contributed by atoms with Crippen LogP contribution >= 0.6 is 11.3 Å². The van der Waals surface area contributed by atoms with Crippen molar-refractivity contribution in [3.8, 4) is 5.69 Å².